The summed E-state index contributed by atoms with van der Waals surface area (Å²) in [7, 11) is 0. The van der Waals surface area contributed by atoms with Crippen molar-refractivity contribution in [1.29, 1.82) is 0 Å². The van der Waals surface area contributed by atoms with E-state index in [9.17, 15) is 0 Å². The molecule has 0 atom stereocenters. The molecule has 35 heavy (non-hydrogen) atoms. The van der Waals surface area contributed by atoms with Crippen LogP contribution in [0.1, 0.15) is 16.7 Å². The van der Waals surface area contributed by atoms with E-state index in [2.05, 4.69) is 136 Å². The number of fused-ring (bicyclic) bond motifs is 4. The summed E-state index contributed by atoms with van der Waals surface area (Å²) in [5.74, 6) is 7.87. The molecule has 0 amide bonds. The van der Waals surface area contributed by atoms with Crippen LogP contribution in [0.5, 0.6) is 0 Å². The van der Waals surface area contributed by atoms with E-state index in [-0.39, 0.29) is 0 Å². The van der Waals surface area contributed by atoms with Crippen LogP contribution in [0.2, 0.25) is 0 Å². The normalized spacial score (nSPS) is 14.1. The molecule has 7 rings (SSSR count). The summed E-state index contributed by atoms with van der Waals surface area (Å²) >= 11 is 1.23. The summed E-state index contributed by atoms with van der Waals surface area (Å²) in [5, 5.41) is 2.46. The molecule has 0 bridgehead atoms. The number of aromatic nitrogens is 3. The average molecular weight is 465 g/mol. The van der Waals surface area contributed by atoms with Gasteiger partial charge in [0.05, 0.1) is 34.0 Å². The fourth-order valence-corrected chi connectivity index (χ4v) is 5.34. The van der Waals surface area contributed by atoms with E-state index in [0.29, 0.717) is 0 Å². The highest BCUT2D eigenvalue weighted by molar-refractivity contribution is 7.00. The number of benzene rings is 4. The van der Waals surface area contributed by atoms with E-state index in [1.807, 2.05) is 0 Å². The summed E-state index contributed by atoms with van der Waals surface area (Å²) in [6.07, 6.45) is 8.34. The van der Waals surface area contributed by atoms with Gasteiger partial charge in [-0.05, 0) is 67.6 Å². The van der Waals surface area contributed by atoms with Crippen molar-refractivity contribution < 1.29 is 0 Å². The maximum Gasteiger partial charge on any atom is 0.130 e. The minimum Gasteiger partial charge on any atom is -0.307 e. The van der Waals surface area contributed by atoms with Gasteiger partial charge in [-0.2, -0.15) is 8.75 Å². The molecule has 163 valence electrons. The maximum absolute atomic E-state index is 4.69. The Morgan fingerprint density at radius 1 is 0.629 bits per heavy atom. The molecule has 2 heterocycles. The van der Waals surface area contributed by atoms with Crippen molar-refractivity contribution in [3.63, 3.8) is 0 Å². The Morgan fingerprint density at radius 3 is 2.00 bits per heavy atom. The predicted octanol–water partition coefficient (Wildman–Crippen LogP) is 6.94. The molecule has 0 N–H and O–H groups in total. The standard InChI is InChI=1S/C31H18N3S/c1-2-8-22(7-1)23-16-13-21(14-17-23)15-18-24-19-20-29(31-30(24)32-35-33-31)34-27-11-5-3-9-25(27)26-10-4-6-12-28(26)34/h1-14,16-17,19-20H. The Balaban J connectivity index is 1.32. The van der Waals surface area contributed by atoms with Crippen molar-refractivity contribution in [1.82, 2.24) is 13.3 Å². The van der Waals surface area contributed by atoms with Crippen LogP contribution in [0.15, 0.2) is 84.9 Å². The highest BCUT2D eigenvalue weighted by Crippen LogP contribution is 2.35. The molecular formula is C31H18N3S. The lowest BCUT2D eigenvalue weighted by Gasteiger charge is -2.09. The zero-order valence-corrected chi connectivity index (χ0v) is 19.5. The molecule has 2 aromatic heterocycles. The van der Waals surface area contributed by atoms with Gasteiger partial charge in [-0.25, -0.2) is 0 Å². The predicted molar refractivity (Wildman–Crippen MR) is 144 cm³/mol. The van der Waals surface area contributed by atoms with Crippen molar-refractivity contribution in [3.05, 3.63) is 133 Å². The third-order valence-electron chi connectivity index (χ3n) is 6.44. The molecular weight excluding hydrogens is 446 g/mol. The van der Waals surface area contributed by atoms with Crippen molar-refractivity contribution in [2.75, 3.05) is 0 Å². The summed E-state index contributed by atoms with van der Waals surface area (Å²) < 4.78 is 11.6. The van der Waals surface area contributed by atoms with Crippen LogP contribution in [0.3, 0.4) is 0 Å². The van der Waals surface area contributed by atoms with Gasteiger partial charge in [0.2, 0.25) is 0 Å². The molecule has 1 aliphatic carbocycles. The van der Waals surface area contributed by atoms with Gasteiger partial charge < -0.3 is 4.57 Å². The largest absolute Gasteiger partial charge is 0.307 e. The molecule has 1 fully saturated rings. The molecule has 0 saturated heterocycles. The van der Waals surface area contributed by atoms with Gasteiger partial charge in [0, 0.05) is 22.3 Å². The van der Waals surface area contributed by atoms with E-state index in [1.165, 1.54) is 34.0 Å². The molecule has 4 heteroatoms. The average Bonchev–Trinajstić information content (AvgIpc) is 3.67. The third-order valence-corrected chi connectivity index (χ3v) is 6.97. The SMILES string of the molecule is C(#Cc1ccc(-n2c3ccccc3c3ccccc32)c2nsnc12)c1ccc([C]2[CH][CH][CH][CH]2)cc1. The molecule has 0 unspecified atom stereocenters. The van der Waals surface area contributed by atoms with Gasteiger partial charge in [0.15, 0.2) is 0 Å². The Bertz CT molecular complexity index is 1700. The van der Waals surface area contributed by atoms with E-state index >= 15 is 0 Å². The van der Waals surface area contributed by atoms with Crippen LogP contribution < -0.4 is 0 Å². The molecule has 0 aliphatic heterocycles. The van der Waals surface area contributed by atoms with Crippen molar-refractivity contribution in [2.24, 2.45) is 0 Å². The molecule has 3 nitrogen and oxygen atoms in total. The zero-order chi connectivity index (χ0) is 23.2. The van der Waals surface area contributed by atoms with Crippen LogP contribution in [-0.4, -0.2) is 13.3 Å². The van der Waals surface area contributed by atoms with Crippen LogP contribution in [0, 0.1) is 43.4 Å². The minimum absolute atomic E-state index is 0.843. The summed E-state index contributed by atoms with van der Waals surface area (Å²) in [5.41, 5.74) is 8.12. The van der Waals surface area contributed by atoms with Gasteiger partial charge in [0.25, 0.3) is 0 Å². The number of rotatable bonds is 2. The number of para-hydroxylation sites is 2. The zero-order valence-electron chi connectivity index (χ0n) is 18.6. The minimum atomic E-state index is 0.843. The smallest absolute Gasteiger partial charge is 0.130 e. The van der Waals surface area contributed by atoms with E-state index in [4.69, 9.17) is 0 Å². The van der Waals surface area contributed by atoms with Crippen LogP contribution in [0.4, 0.5) is 0 Å². The fourth-order valence-electron chi connectivity index (χ4n) is 4.77. The first-order chi connectivity index (χ1) is 17.4. The third kappa shape index (κ3) is 3.43. The lowest BCUT2D eigenvalue weighted by Crippen LogP contribution is -1.96. The van der Waals surface area contributed by atoms with Crippen molar-refractivity contribution in [3.8, 4) is 17.5 Å². The van der Waals surface area contributed by atoms with Gasteiger partial charge in [0.1, 0.15) is 11.0 Å². The number of hydrogen-bond acceptors (Lipinski definition) is 3. The monoisotopic (exact) mass is 464 g/mol. The van der Waals surface area contributed by atoms with Gasteiger partial charge >= 0.3 is 0 Å². The summed E-state index contributed by atoms with van der Waals surface area (Å²) in [6, 6.07) is 29.6. The van der Waals surface area contributed by atoms with E-state index < -0.39 is 0 Å². The summed E-state index contributed by atoms with van der Waals surface area (Å²) in [4.78, 5) is 0. The quantitative estimate of drug-likeness (QED) is 0.260. The Morgan fingerprint density at radius 2 is 1.29 bits per heavy atom. The highest BCUT2D eigenvalue weighted by Gasteiger charge is 2.19. The van der Waals surface area contributed by atoms with Crippen molar-refractivity contribution >= 4 is 44.6 Å². The first-order valence-electron chi connectivity index (χ1n) is 11.4. The van der Waals surface area contributed by atoms with Gasteiger partial charge in [-0.3, -0.25) is 0 Å². The summed E-state index contributed by atoms with van der Waals surface area (Å²) in [6.45, 7) is 0. The second-order valence-electron chi connectivity index (χ2n) is 8.46. The lowest BCUT2D eigenvalue weighted by atomic mass is 9.97. The Hall–Kier alpha value is -3.94. The number of nitrogens with zero attached hydrogens (tertiary/aromatic N) is 3. The van der Waals surface area contributed by atoms with E-state index in [0.717, 1.165) is 38.9 Å². The van der Waals surface area contributed by atoms with E-state index in [1.54, 1.807) is 0 Å². The Labute approximate surface area is 208 Å². The molecule has 0 spiro atoms. The second kappa shape index (κ2) is 8.37. The molecule has 5 radical (unpaired) electrons. The molecule has 1 saturated carbocycles. The van der Waals surface area contributed by atoms with Crippen LogP contribution in [-0.2, 0) is 0 Å². The van der Waals surface area contributed by atoms with Crippen molar-refractivity contribution in [2.45, 2.75) is 0 Å². The molecule has 6 aromatic rings. The molecule has 1 aliphatic rings. The second-order valence-corrected chi connectivity index (χ2v) is 8.99. The van der Waals surface area contributed by atoms with Crippen LogP contribution in [0.25, 0.3) is 38.5 Å². The topological polar surface area (TPSA) is 30.7 Å². The van der Waals surface area contributed by atoms with Gasteiger partial charge in [-0.15, -0.1) is 0 Å². The number of hydrogen-bond donors (Lipinski definition) is 0. The lowest BCUT2D eigenvalue weighted by molar-refractivity contribution is 1.19. The van der Waals surface area contributed by atoms with Gasteiger partial charge in [-0.1, -0.05) is 60.4 Å². The molecule has 4 aromatic carbocycles. The van der Waals surface area contributed by atoms with Crippen LogP contribution >= 0.6 is 11.7 Å². The highest BCUT2D eigenvalue weighted by atomic mass is 32.1. The fraction of sp³-hybridized carbons (Fsp3) is 0. The maximum atomic E-state index is 4.69. The Kier molecular flexibility index (Phi) is 4.89. The first-order valence-corrected chi connectivity index (χ1v) is 12.2. The first kappa shape index (κ1) is 20.4.